The van der Waals surface area contributed by atoms with Gasteiger partial charge in [0.25, 0.3) is 0 Å². The Bertz CT molecular complexity index is 408. The van der Waals surface area contributed by atoms with Crippen LogP contribution in [-0.2, 0) is 11.3 Å². The van der Waals surface area contributed by atoms with Gasteiger partial charge in [0, 0.05) is 41.9 Å². The summed E-state index contributed by atoms with van der Waals surface area (Å²) in [6, 6.07) is 2.67. The van der Waals surface area contributed by atoms with E-state index in [1.807, 2.05) is 4.90 Å². The lowest BCUT2D eigenvalue weighted by Crippen LogP contribution is -2.43. The molecule has 1 N–H and O–H groups in total. The monoisotopic (exact) mass is 394 g/mol. The number of nitrogens with one attached hydrogen (secondary N) is 1. The largest absolute Gasteiger partial charge is 0.343 e. The van der Waals surface area contributed by atoms with Crippen LogP contribution in [0.1, 0.15) is 24.6 Å². The lowest BCUT2D eigenvalue weighted by Gasteiger charge is -2.31. The molecule has 6 heteroatoms. The molecule has 0 unspecified atom stereocenters. The Hall–Kier alpha value is 0.0900. The zero-order valence-corrected chi connectivity index (χ0v) is 14.2. The molecular formula is C12H16Br2N2OS. The summed E-state index contributed by atoms with van der Waals surface area (Å²) in [7, 11) is 0. The van der Waals surface area contributed by atoms with Crippen LogP contribution in [0, 0.1) is 0 Å². The third-order valence-corrected chi connectivity index (χ3v) is 6.46. The first-order chi connectivity index (χ1) is 8.56. The average Bonchev–Trinajstić information content (AvgIpc) is 2.67. The highest BCUT2D eigenvalue weighted by atomic mass is 79.9. The van der Waals surface area contributed by atoms with Crippen molar-refractivity contribution < 1.29 is 4.79 Å². The van der Waals surface area contributed by atoms with E-state index >= 15 is 0 Å². The molecule has 1 aliphatic rings. The standard InChI is InChI=1S/C12H16Br2N2OS/c1-8(17)16-4-2-9(3-5-16)15-7-10-6-11(13)12(14)18-10/h6,9,15H,2-5,7H2,1H3. The molecule has 3 nitrogen and oxygen atoms in total. The lowest BCUT2D eigenvalue weighted by molar-refractivity contribution is -0.129. The van der Waals surface area contributed by atoms with Crippen LogP contribution in [0.3, 0.4) is 0 Å². The normalized spacial score (nSPS) is 17.2. The molecule has 0 bridgehead atoms. The zero-order valence-electron chi connectivity index (χ0n) is 10.2. The van der Waals surface area contributed by atoms with Crippen LogP contribution in [0.4, 0.5) is 0 Å². The topological polar surface area (TPSA) is 32.3 Å². The Morgan fingerprint density at radius 3 is 2.67 bits per heavy atom. The van der Waals surface area contributed by atoms with Crippen molar-refractivity contribution in [3.05, 3.63) is 19.2 Å². The van der Waals surface area contributed by atoms with Gasteiger partial charge in [-0.3, -0.25) is 4.79 Å². The van der Waals surface area contributed by atoms with Gasteiger partial charge in [0.1, 0.15) is 0 Å². The van der Waals surface area contributed by atoms with Crippen molar-refractivity contribution in [2.24, 2.45) is 0 Å². The van der Waals surface area contributed by atoms with Crippen LogP contribution in [0.5, 0.6) is 0 Å². The minimum Gasteiger partial charge on any atom is -0.343 e. The number of amides is 1. The number of piperidine rings is 1. The van der Waals surface area contributed by atoms with Crippen LogP contribution in [0.15, 0.2) is 14.3 Å². The minimum atomic E-state index is 0.194. The fourth-order valence-electron chi connectivity index (χ4n) is 2.12. The first kappa shape index (κ1) is 14.5. The van der Waals surface area contributed by atoms with E-state index < -0.39 is 0 Å². The van der Waals surface area contributed by atoms with Gasteiger partial charge in [0.05, 0.1) is 3.79 Å². The number of rotatable bonds is 3. The van der Waals surface area contributed by atoms with E-state index in [0.29, 0.717) is 6.04 Å². The first-order valence-electron chi connectivity index (χ1n) is 5.99. The smallest absolute Gasteiger partial charge is 0.219 e. The van der Waals surface area contributed by atoms with Crippen molar-refractivity contribution in [1.29, 1.82) is 0 Å². The average molecular weight is 396 g/mol. The van der Waals surface area contributed by atoms with Gasteiger partial charge in [-0.25, -0.2) is 0 Å². The number of nitrogens with zero attached hydrogens (tertiary/aromatic N) is 1. The molecule has 1 saturated heterocycles. The van der Waals surface area contributed by atoms with Crippen LogP contribution in [0.2, 0.25) is 0 Å². The molecule has 0 aromatic carbocycles. The van der Waals surface area contributed by atoms with Crippen LogP contribution in [-0.4, -0.2) is 29.9 Å². The van der Waals surface area contributed by atoms with Gasteiger partial charge < -0.3 is 10.2 Å². The van der Waals surface area contributed by atoms with Crippen molar-refractivity contribution in [1.82, 2.24) is 10.2 Å². The fraction of sp³-hybridized carbons (Fsp3) is 0.583. The second-order valence-corrected chi connectivity index (χ2v) is 7.80. The number of hydrogen-bond donors (Lipinski definition) is 1. The number of likely N-dealkylation sites (tertiary alicyclic amines) is 1. The van der Waals surface area contributed by atoms with Gasteiger partial charge in [0.15, 0.2) is 0 Å². The molecule has 1 fully saturated rings. The van der Waals surface area contributed by atoms with Gasteiger partial charge >= 0.3 is 0 Å². The minimum absolute atomic E-state index is 0.194. The summed E-state index contributed by atoms with van der Waals surface area (Å²) in [6.07, 6.45) is 2.10. The predicted octanol–water partition coefficient (Wildman–Crippen LogP) is 3.37. The molecule has 1 aromatic rings. The molecule has 0 aliphatic carbocycles. The molecule has 1 amide bonds. The fourth-order valence-corrected chi connectivity index (χ4v) is 4.25. The lowest BCUT2D eigenvalue weighted by atomic mass is 10.1. The molecule has 1 aliphatic heterocycles. The Labute approximate surface area is 128 Å². The summed E-state index contributed by atoms with van der Waals surface area (Å²) in [5, 5.41) is 3.57. The van der Waals surface area contributed by atoms with E-state index in [4.69, 9.17) is 0 Å². The number of carbonyl (C=O) groups excluding carboxylic acids is 1. The third kappa shape index (κ3) is 3.79. The molecule has 2 rings (SSSR count). The van der Waals surface area contributed by atoms with Crippen LogP contribution in [0.25, 0.3) is 0 Å². The summed E-state index contributed by atoms with van der Waals surface area (Å²) < 4.78 is 2.27. The van der Waals surface area contributed by atoms with Gasteiger partial charge in [-0.1, -0.05) is 0 Å². The predicted molar refractivity (Wildman–Crippen MR) is 81.8 cm³/mol. The Morgan fingerprint density at radius 2 is 2.17 bits per heavy atom. The van der Waals surface area contributed by atoms with Crippen molar-refractivity contribution in [3.8, 4) is 0 Å². The maximum absolute atomic E-state index is 11.2. The summed E-state index contributed by atoms with van der Waals surface area (Å²) in [5.74, 6) is 0.194. The number of carbonyl (C=O) groups is 1. The summed E-state index contributed by atoms with van der Waals surface area (Å²) in [5.41, 5.74) is 0. The molecule has 0 radical (unpaired) electrons. The summed E-state index contributed by atoms with van der Waals surface area (Å²) >= 11 is 8.75. The highest BCUT2D eigenvalue weighted by molar-refractivity contribution is 9.13. The SMILES string of the molecule is CC(=O)N1CCC(NCc2cc(Br)c(Br)s2)CC1. The summed E-state index contributed by atoms with van der Waals surface area (Å²) in [4.78, 5) is 14.5. The van der Waals surface area contributed by atoms with Crippen molar-refractivity contribution in [2.45, 2.75) is 32.4 Å². The molecular weight excluding hydrogens is 380 g/mol. The van der Waals surface area contributed by atoms with Crippen molar-refractivity contribution in [2.75, 3.05) is 13.1 Å². The highest BCUT2D eigenvalue weighted by Crippen LogP contribution is 2.32. The van der Waals surface area contributed by atoms with Gasteiger partial charge in [-0.05, 0) is 50.8 Å². The van der Waals surface area contributed by atoms with Crippen molar-refractivity contribution >= 4 is 49.1 Å². The zero-order chi connectivity index (χ0) is 13.1. The van der Waals surface area contributed by atoms with Gasteiger partial charge in [0.2, 0.25) is 5.91 Å². The Balaban J connectivity index is 1.77. The molecule has 0 saturated carbocycles. The van der Waals surface area contributed by atoms with E-state index in [1.165, 1.54) is 4.88 Å². The second kappa shape index (κ2) is 6.50. The quantitative estimate of drug-likeness (QED) is 0.850. The maximum atomic E-state index is 11.2. The second-order valence-electron chi connectivity index (χ2n) is 4.50. The molecule has 1 aromatic heterocycles. The molecule has 100 valence electrons. The Morgan fingerprint density at radius 1 is 1.50 bits per heavy atom. The molecule has 0 spiro atoms. The molecule has 18 heavy (non-hydrogen) atoms. The Kier molecular flexibility index (Phi) is 5.24. The molecule has 0 atom stereocenters. The van der Waals surface area contributed by atoms with E-state index in [0.717, 1.165) is 40.7 Å². The van der Waals surface area contributed by atoms with E-state index in [1.54, 1.807) is 18.3 Å². The van der Waals surface area contributed by atoms with Crippen LogP contribution >= 0.6 is 43.2 Å². The highest BCUT2D eigenvalue weighted by Gasteiger charge is 2.20. The number of thiophene rings is 1. The first-order valence-corrected chi connectivity index (χ1v) is 8.39. The molecule has 2 heterocycles. The van der Waals surface area contributed by atoms with Crippen molar-refractivity contribution in [3.63, 3.8) is 0 Å². The van der Waals surface area contributed by atoms with Gasteiger partial charge in [-0.2, -0.15) is 0 Å². The summed E-state index contributed by atoms with van der Waals surface area (Å²) in [6.45, 7) is 4.31. The van der Waals surface area contributed by atoms with Gasteiger partial charge in [-0.15, -0.1) is 11.3 Å². The third-order valence-electron chi connectivity index (χ3n) is 3.20. The van der Waals surface area contributed by atoms with Crippen LogP contribution < -0.4 is 5.32 Å². The van der Waals surface area contributed by atoms with E-state index in [-0.39, 0.29) is 5.91 Å². The number of hydrogen-bond acceptors (Lipinski definition) is 3. The number of halogens is 2. The van der Waals surface area contributed by atoms with E-state index in [9.17, 15) is 4.79 Å². The maximum Gasteiger partial charge on any atom is 0.219 e. The van der Waals surface area contributed by atoms with E-state index in [2.05, 4.69) is 43.2 Å².